The average Bonchev–Trinajstić information content (AvgIpc) is 3.47. The summed E-state index contributed by atoms with van der Waals surface area (Å²) in [5, 5.41) is 3.74. The van der Waals surface area contributed by atoms with Gasteiger partial charge in [-0.15, -0.1) is 0 Å². The van der Waals surface area contributed by atoms with E-state index < -0.39 is 18.6 Å². The van der Waals surface area contributed by atoms with Gasteiger partial charge in [0.05, 0.1) is 11.8 Å². The van der Waals surface area contributed by atoms with Crippen molar-refractivity contribution < 1.29 is 18.0 Å². The standard InChI is InChI=1S/C26H37F3N6O/c1-6-19(3)24(33-14-11-18(2)16-33)32-20(4)15-21(30-5)22-9-7-8-13-34(22)25(36)23-10-12-31-35(23)17-26(27,28)29/h6,10,12,15,18,22H,7-9,11,13-14,16-17H2,1-5H3/b19-6-,20-15+,30-21?,32-24+/t18-,22-/m0/s1. The molecule has 2 aliphatic heterocycles. The third kappa shape index (κ3) is 6.85. The van der Waals surface area contributed by atoms with Gasteiger partial charge < -0.3 is 9.80 Å². The zero-order valence-electron chi connectivity index (χ0n) is 21.8. The van der Waals surface area contributed by atoms with Crippen LogP contribution in [0, 0.1) is 5.92 Å². The summed E-state index contributed by atoms with van der Waals surface area (Å²) in [5.41, 5.74) is 2.49. The summed E-state index contributed by atoms with van der Waals surface area (Å²) in [6, 6.07) is 1.01. The van der Waals surface area contributed by atoms with Crippen molar-refractivity contribution >= 4 is 17.5 Å². The van der Waals surface area contributed by atoms with Gasteiger partial charge in [0.1, 0.15) is 18.1 Å². The summed E-state index contributed by atoms with van der Waals surface area (Å²) in [5.74, 6) is 1.09. The second-order valence-electron chi connectivity index (χ2n) is 9.68. The van der Waals surface area contributed by atoms with Crippen LogP contribution in [-0.4, -0.2) is 75.9 Å². The highest BCUT2D eigenvalue weighted by Crippen LogP contribution is 2.25. The Balaban J connectivity index is 1.88. The van der Waals surface area contributed by atoms with Crippen molar-refractivity contribution in [2.45, 2.75) is 72.1 Å². The van der Waals surface area contributed by atoms with E-state index in [9.17, 15) is 18.0 Å². The van der Waals surface area contributed by atoms with Gasteiger partial charge in [0.2, 0.25) is 0 Å². The molecule has 2 fully saturated rings. The molecule has 3 heterocycles. The van der Waals surface area contributed by atoms with Crippen LogP contribution in [0.15, 0.2) is 45.7 Å². The van der Waals surface area contributed by atoms with Crippen LogP contribution in [0.4, 0.5) is 13.2 Å². The van der Waals surface area contributed by atoms with Crippen LogP contribution in [0.3, 0.4) is 0 Å². The van der Waals surface area contributed by atoms with Crippen LogP contribution in [0.5, 0.6) is 0 Å². The molecule has 7 nitrogen and oxygen atoms in total. The van der Waals surface area contributed by atoms with Gasteiger partial charge in [-0.3, -0.25) is 14.5 Å². The van der Waals surface area contributed by atoms with Gasteiger partial charge in [0, 0.05) is 38.6 Å². The number of aliphatic imine (C=N–C) groups is 2. The summed E-state index contributed by atoms with van der Waals surface area (Å²) in [6.07, 6.45) is 4.21. The van der Waals surface area contributed by atoms with Crippen LogP contribution >= 0.6 is 0 Å². The van der Waals surface area contributed by atoms with Crippen LogP contribution in [0.2, 0.25) is 0 Å². The number of hydrogen-bond donors (Lipinski definition) is 0. The SMILES string of the molecule is C\C=C(C)/C(=N\C(C)=C\C(=NC)[C@@H]1CCCCN1C(=O)c1ccnn1CC(F)(F)F)N1CC[C@H](C)C1. The lowest BCUT2D eigenvalue weighted by atomic mass is 9.96. The van der Waals surface area contributed by atoms with E-state index in [2.05, 4.69) is 34.9 Å². The van der Waals surface area contributed by atoms with Crippen LogP contribution < -0.4 is 0 Å². The maximum absolute atomic E-state index is 13.4. The summed E-state index contributed by atoms with van der Waals surface area (Å²) in [6.45, 7) is 9.28. The molecule has 0 radical (unpaired) electrons. The lowest BCUT2D eigenvalue weighted by Crippen LogP contribution is -2.48. The van der Waals surface area contributed by atoms with Gasteiger partial charge >= 0.3 is 6.18 Å². The van der Waals surface area contributed by atoms with E-state index in [1.54, 1.807) is 11.9 Å². The first-order chi connectivity index (χ1) is 17.0. The van der Waals surface area contributed by atoms with E-state index in [-0.39, 0.29) is 11.7 Å². The molecule has 1 aromatic rings. The number of carbonyl (C=O) groups excluding carboxylic acids is 1. The van der Waals surface area contributed by atoms with E-state index >= 15 is 0 Å². The number of halogens is 3. The number of nitrogens with zero attached hydrogens (tertiary/aromatic N) is 6. The monoisotopic (exact) mass is 506 g/mol. The molecule has 0 aliphatic carbocycles. The summed E-state index contributed by atoms with van der Waals surface area (Å²) in [7, 11) is 1.67. The Kier molecular flexibility index (Phi) is 9.13. The molecule has 0 aromatic carbocycles. The molecule has 0 N–H and O–H groups in total. The number of amides is 1. The summed E-state index contributed by atoms with van der Waals surface area (Å²) < 4.78 is 39.7. The highest BCUT2D eigenvalue weighted by molar-refractivity contribution is 6.04. The highest BCUT2D eigenvalue weighted by atomic mass is 19.4. The zero-order chi connectivity index (χ0) is 26.5. The highest BCUT2D eigenvalue weighted by Gasteiger charge is 2.35. The normalized spacial score (nSPS) is 23.0. The molecule has 1 aromatic heterocycles. The Labute approximate surface area is 211 Å². The van der Waals surface area contributed by atoms with Gasteiger partial charge in [-0.2, -0.15) is 18.3 Å². The molecule has 0 saturated carbocycles. The summed E-state index contributed by atoms with van der Waals surface area (Å²) >= 11 is 0. The van der Waals surface area contributed by atoms with Gasteiger partial charge in [0.25, 0.3) is 5.91 Å². The Bertz CT molecular complexity index is 1050. The van der Waals surface area contributed by atoms with E-state index in [1.165, 1.54) is 12.3 Å². The fourth-order valence-electron chi connectivity index (χ4n) is 4.83. The first kappa shape index (κ1) is 27.7. The number of hydrogen-bond acceptors (Lipinski definition) is 4. The Morgan fingerprint density at radius 2 is 1.97 bits per heavy atom. The predicted molar refractivity (Wildman–Crippen MR) is 136 cm³/mol. The average molecular weight is 507 g/mol. The Morgan fingerprint density at radius 3 is 2.58 bits per heavy atom. The van der Waals surface area contributed by atoms with E-state index in [0.29, 0.717) is 24.6 Å². The molecule has 10 heteroatoms. The minimum absolute atomic E-state index is 0.0671. The lowest BCUT2D eigenvalue weighted by Gasteiger charge is -2.36. The molecule has 2 aliphatic rings. The fourth-order valence-corrected chi connectivity index (χ4v) is 4.83. The fraction of sp³-hybridized carbons (Fsp3) is 0.615. The maximum atomic E-state index is 13.4. The number of piperidine rings is 1. The van der Waals surface area contributed by atoms with Gasteiger partial charge in [0.15, 0.2) is 0 Å². The summed E-state index contributed by atoms with van der Waals surface area (Å²) in [4.78, 5) is 26.7. The molecule has 2 saturated heterocycles. The van der Waals surface area contributed by atoms with Crippen LogP contribution in [0.1, 0.15) is 63.9 Å². The Hall–Kier alpha value is -2.91. The molecule has 36 heavy (non-hydrogen) atoms. The second-order valence-corrected chi connectivity index (χ2v) is 9.68. The number of likely N-dealkylation sites (tertiary alicyclic amines) is 2. The number of carbonyl (C=O) groups is 1. The largest absolute Gasteiger partial charge is 0.408 e. The van der Waals surface area contributed by atoms with E-state index in [1.807, 2.05) is 19.9 Å². The minimum atomic E-state index is -4.47. The second kappa shape index (κ2) is 11.9. The minimum Gasteiger partial charge on any atom is -0.356 e. The third-order valence-corrected chi connectivity index (χ3v) is 6.78. The van der Waals surface area contributed by atoms with Crippen molar-refractivity contribution in [2.24, 2.45) is 15.9 Å². The molecule has 1 amide bonds. The molecule has 0 spiro atoms. The topological polar surface area (TPSA) is 66.1 Å². The third-order valence-electron chi connectivity index (χ3n) is 6.78. The molecule has 198 valence electrons. The molecular weight excluding hydrogens is 469 g/mol. The number of rotatable bonds is 6. The van der Waals surface area contributed by atoms with E-state index in [0.717, 1.165) is 54.1 Å². The van der Waals surface area contributed by atoms with Crippen LogP contribution in [0.25, 0.3) is 0 Å². The van der Waals surface area contributed by atoms with Crippen LogP contribution in [-0.2, 0) is 6.54 Å². The zero-order valence-corrected chi connectivity index (χ0v) is 21.8. The van der Waals surface area contributed by atoms with Gasteiger partial charge in [-0.05, 0) is 70.1 Å². The predicted octanol–water partition coefficient (Wildman–Crippen LogP) is 5.12. The molecular formula is C26H37F3N6O. The van der Waals surface area contributed by atoms with E-state index in [4.69, 9.17) is 4.99 Å². The van der Waals surface area contributed by atoms with Crippen molar-refractivity contribution in [3.05, 3.63) is 41.4 Å². The number of amidine groups is 1. The molecule has 0 bridgehead atoms. The van der Waals surface area contributed by atoms with Gasteiger partial charge in [-0.25, -0.2) is 4.99 Å². The number of allylic oxidation sites excluding steroid dienone is 2. The smallest absolute Gasteiger partial charge is 0.356 e. The molecule has 3 rings (SSSR count). The Morgan fingerprint density at radius 1 is 1.22 bits per heavy atom. The molecule has 0 unspecified atom stereocenters. The van der Waals surface area contributed by atoms with Crippen molar-refractivity contribution in [3.63, 3.8) is 0 Å². The van der Waals surface area contributed by atoms with Crippen molar-refractivity contribution in [1.29, 1.82) is 0 Å². The first-order valence-electron chi connectivity index (χ1n) is 12.6. The lowest BCUT2D eigenvalue weighted by molar-refractivity contribution is -0.142. The van der Waals surface area contributed by atoms with Gasteiger partial charge in [-0.1, -0.05) is 13.0 Å². The van der Waals surface area contributed by atoms with Crippen molar-refractivity contribution in [2.75, 3.05) is 26.7 Å². The maximum Gasteiger partial charge on any atom is 0.408 e. The van der Waals surface area contributed by atoms with Crippen molar-refractivity contribution in [1.82, 2.24) is 19.6 Å². The number of alkyl halides is 3. The number of aromatic nitrogens is 2. The quantitative estimate of drug-likeness (QED) is 0.397. The molecule has 2 atom stereocenters. The van der Waals surface area contributed by atoms with Crippen molar-refractivity contribution in [3.8, 4) is 0 Å². The first-order valence-corrected chi connectivity index (χ1v) is 12.6.